The van der Waals surface area contributed by atoms with Gasteiger partial charge >= 0.3 is 0 Å². The largest absolute Gasteiger partial charge is 0.496 e. The van der Waals surface area contributed by atoms with Gasteiger partial charge < -0.3 is 4.74 Å². The number of hydrogen-bond donors (Lipinski definition) is 0. The van der Waals surface area contributed by atoms with E-state index in [1.165, 1.54) is 5.56 Å². The van der Waals surface area contributed by atoms with Crippen molar-refractivity contribution >= 4 is 15.9 Å². The van der Waals surface area contributed by atoms with Crippen molar-refractivity contribution < 1.29 is 4.74 Å². The molecule has 0 aliphatic heterocycles. The fourth-order valence-corrected chi connectivity index (χ4v) is 1.65. The molecule has 13 heavy (non-hydrogen) atoms. The average Bonchev–Trinajstić information content (AvgIpc) is 2.16. The zero-order valence-corrected chi connectivity index (χ0v) is 9.89. The van der Waals surface area contributed by atoms with Crippen LogP contribution in [-0.2, 0) is 0 Å². The van der Waals surface area contributed by atoms with E-state index in [2.05, 4.69) is 41.9 Å². The number of hydrogen-bond acceptors (Lipinski definition) is 1. The van der Waals surface area contributed by atoms with E-state index >= 15 is 0 Å². The Balaban J connectivity index is 3.05. The van der Waals surface area contributed by atoms with Gasteiger partial charge in [0.1, 0.15) is 5.75 Å². The molecule has 0 aromatic heterocycles. The third kappa shape index (κ3) is 2.47. The Kier molecular flexibility index (Phi) is 3.79. The maximum absolute atomic E-state index is 5.32. The molecule has 1 aromatic rings. The van der Waals surface area contributed by atoms with Crippen LogP contribution >= 0.6 is 15.9 Å². The second-order valence-electron chi connectivity index (χ2n) is 3.20. The molecular formula is C11H15BrO. The van der Waals surface area contributed by atoms with Gasteiger partial charge in [0.2, 0.25) is 0 Å². The number of benzene rings is 1. The zero-order chi connectivity index (χ0) is 9.84. The van der Waals surface area contributed by atoms with E-state index in [0.29, 0.717) is 5.92 Å². The molecule has 0 aliphatic carbocycles. The highest BCUT2D eigenvalue weighted by Crippen LogP contribution is 2.30. The van der Waals surface area contributed by atoms with Crippen molar-refractivity contribution in [3.05, 3.63) is 28.2 Å². The van der Waals surface area contributed by atoms with Crippen molar-refractivity contribution in [1.29, 1.82) is 0 Å². The fraction of sp³-hybridized carbons (Fsp3) is 0.455. The van der Waals surface area contributed by atoms with Crippen molar-refractivity contribution in [2.24, 2.45) is 0 Å². The topological polar surface area (TPSA) is 9.23 Å². The van der Waals surface area contributed by atoms with E-state index in [9.17, 15) is 0 Å². The van der Waals surface area contributed by atoms with Crippen molar-refractivity contribution in [2.75, 3.05) is 7.11 Å². The minimum atomic E-state index is 0.558. The second kappa shape index (κ2) is 4.66. The molecule has 1 nitrogen and oxygen atoms in total. The summed E-state index contributed by atoms with van der Waals surface area (Å²) in [5, 5.41) is 0. The molecule has 0 radical (unpaired) electrons. The predicted octanol–water partition coefficient (Wildman–Crippen LogP) is 3.97. The van der Waals surface area contributed by atoms with Crippen LogP contribution in [0, 0.1) is 0 Å². The first kappa shape index (κ1) is 10.6. The molecule has 1 atom stereocenters. The third-order valence-corrected chi connectivity index (χ3v) is 2.83. The molecular weight excluding hydrogens is 228 g/mol. The molecule has 0 fully saturated rings. The summed E-state index contributed by atoms with van der Waals surface area (Å²) in [5.74, 6) is 1.53. The van der Waals surface area contributed by atoms with Gasteiger partial charge in [-0.1, -0.05) is 35.8 Å². The van der Waals surface area contributed by atoms with Crippen LogP contribution in [0.25, 0.3) is 0 Å². The van der Waals surface area contributed by atoms with E-state index in [4.69, 9.17) is 4.74 Å². The quantitative estimate of drug-likeness (QED) is 0.780. The van der Waals surface area contributed by atoms with Crippen molar-refractivity contribution in [2.45, 2.75) is 26.2 Å². The Labute approximate surface area is 88.2 Å². The summed E-state index contributed by atoms with van der Waals surface area (Å²) in [5.41, 5.74) is 1.29. The van der Waals surface area contributed by atoms with Crippen LogP contribution in [0.3, 0.4) is 0 Å². The summed E-state index contributed by atoms with van der Waals surface area (Å²) in [4.78, 5) is 0. The Morgan fingerprint density at radius 1 is 1.46 bits per heavy atom. The van der Waals surface area contributed by atoms with Gasteiger partial charge in [-0.25, -0.2) is 0 Å². The SMILES string of the molecule is CC[C@H](C)c1ccc(Br)cc1OC. The number of rotatable bonds is 3. The Morgan fingerprint density at radius 2 is 2.15 bits per heavy atom. The van der Waals surface area contributed by atoms with Crippen LogP contribution in [0.5, 0.6) is 5.75 Å². The number of halogens is 1. The van der Waals surface area contributed by atoms with Crippen LogP contribution in [0.2, 0.25) is 0 Å². The van der Waals surface area contributed by atoms with Crippen molar-refractivity contribution in [3.63, 3.8) is 0 Å². The molecule has 1 rings (SSSR count). The third-order valence-electron chi connectivity index (χ3n) is 2.34. The maximum atomic E-state index is 5.32. The van der Waals surface area contributed by atoms with Crippen LogP contribution in [0.4, 0.5) is 0 Å². The van der Waals surface area contributed by atoms with Crippen molar-refractivity contribution in [1.82, 2.24) is 0 Å². The lowest BCUT2D eigenvalue weighted by molar-refractivity contribution is 0.405. The molecule has 72 valence electrons. The molecule has 0 amide bonds. The molecule has 0 N–H and O–H groups in total. The summed E-state index contributed by atoms with van der Waals surface area (Å²) < 4.78 is 6.39. The summed E-state index contributed by atoms with van der Waals surface area (Å²) in [6.45, 7) is 4.40. The molecule has 0 unspecified atom stereocenters. The Hall–Kier alpha value is -0.500. The van der Waals surface area contributed by atoms with Gasteiger partial charge in [-0.15, -0.1) is 0 Å². The molecule has 2 heteroatoms. The molecule has 0 aliphatic rings. The van der Waals surface area contributed by atoms with E-state index in [-0.39, 0.29) is 0 Å². The predicted molar refractivity (Wildman–Crippen MR) is 59.4 cm³/mol. The highest BCUT2D eigenvalue weighted by Gasteiger charge is 2.09. The maximum Gasteiger partial charge on any atom is 0.123 e. The van der Waals surface area contributed by atoms with Crippen LogP contribution in [0.15, 0.2) is 22.7 Å². The number of ether oxygens (including phenoxy) is 1. The summed E-state index contributed by atoms with van der Waals surface area (Å²) in [6, 6.07) is 6.20. The highest BCUT2D eigenvalue weighted by molar-refractivity contribution is 9.10. The van der Waals surface area contributed by atoms with E-state index in [1.54, 1.807) is 7.11 Å². The van der Waals surface area contributed by atoms with Crippen LogP contribution in [0.1, 0.15) is 31.7 Å². The lowest BCUT2D eigenvalue weighted by Crippen LogP contribution is -1.96. The molecule has 0 spiro atoms. The Morgan fingerprint density at radius 3 is 2.69 bits per heavy atom. The average molecular weight is 243 g/mol. The molecule has 0 heterocycles. The van der Waals surface area contributed by atoms with Crippen LogP contribution < -0.4 is 4.74 Å². The summed E-state index contributed by atoms with van der Waals surface area (Å²) in [7, 11) is 1.72. The van der Waals surface area contributed by atoms with Gasteiger partial charge in [-0.05, 0) is 30.0 Å². The number of methoxy groups -OCH3 is 1. The van der Waals surface area contributed by atoms with Gasteiger partial charge in [-0.2, -0.15) is 0 Å². The standard InChI is InChI=1S/C11H15BrO/c1-4-8(2)10-6-5-9(12)7-11(10)13-3/h5-8H,4H2,1-3H3/t8-/m0/s1. The summed E-state index contributed by atoms with van der Waals surface area (Å²) in [6.07, 6.45) is 1.14. The lowest BCUT2D eigenvalue weighted by atomic mass is 9.98. The van der Waals surface area contributed by atoms with Gasteiger partial charge in [0, 0.05) is 4.47 Å². The van der Waals surface area contributed by atoms with Gasteiger partial charge in [-0.3, -0.25) is 0 Å². The van der Waals surface area contributed by atoms with E-state index in [1.807, 2.05) is 6.07 Å². The van der Waals surface area contributed by atoms with Crippen molar-refractivity contribution in [3.8, 4) is 5.75 Å². The van der Waals surface area contributed by atoms with Gasteiger partial charge in [0.15, 0.2) is 0 Å². The second-order valence-corrected chi connectivity index (χ2v) is 4.11. The Bertz CT molecular complexity index is 283. The minimum Gasteiger partial charge on any atom is -0.496 e. The first-order chi connectivity index (χ1) is 6.19. The van der Waals surface area contributed by atoms with Gasteiger partial charge in [0.25, 0.3) is 0 Å². The normalized spacial score (nSPS) is 12.6. The van der Waals surface area contributed by atoms with Crippen LogP contribution in [-0.4, -0.2) is 7.11 Å². The molecule has 0 bridgehead atoms. The van der Waals surface area contributed by atoms with Gasteiger partial charge in [0.05, 0.1) is 7.11 Å². The highest BCUT2D eigenvalue weighted by atomic mass is 79.9. The van der Waals surface area contributed by atoms with E-state index in [0.717, 1.165) is 16.6 Å². The molecule has 0 saturated carbocycles. The lowest BCUT2D eigenvalue weighted by Gasteiger charge is -2.13. The van der Waals surface area contributed by atoms with E-state index < -0.39 is 0 Å². The smallest absolute Gasteiger partial charge is 0.123 e. The first-order valence-corrected chi connectivity index (χ1v) is 5.31. The first-order valence-electron chi connectivity index (χ1n) is 4.52. The molecule has 1 aromatic carbocycles. The molecule has 0 saturated heterocycles. The minimum absolute atomic E-state index is 0.558. The fourth-order valence-electron chi connectivity index (χ4n) is 1.31. The summed E-state index contributed by atoms with van der Waals surface area (Å²) >= 11 is 3.43. The monoisotopic (exact) mass is 242 g/mol. The zero-order valence-electron chi connectivity index (χ0n) is 8.30.